The summed E-state index contributed by atoms with van der Waals surface area (Å²) in [5, 5.41) is 27.2. The van der Waals surface area contributed by atoms with Crippen LogP contribution in [0, 0.1) is 0 Å². The summed E-state index contributed by atoms with van der Waals surface area (Å²) in [6.45, 7) is 1.45. The quantitative estimate of drug-likeness (QED) is 0.421. The zero-order valence-electron chi connectivity index (χ0n) is 10.3. The monoisotopic (exact) mass is 269 g/mol. The highest BCUT2D eigenvalue weighted by Gasteiger charge is 2.29. The second-order valence-electron chi connectivity index (χ2n) is 4.34. The standard InChI is InChI=1S/C11H16BNO4S/c1-11(13,10(14)15)6-7-3-4-8(12(16)17)5-9(7)18-2/h3-5,16-17H,6,13H2,1-2H3,(H,14,15)/t11-/m0/s1. The lowest BCUT2D eigenvalue weighted by molar-refractivity contribution is -0.142. The molecule has 0 aromatic heterocycles. The zero-order valence-corrected chi connectivity index (χ0v) is 11.1. The number of hydrogen-bond donors (Lipinski definition) is 4. The van der Waals surface area contributed by atoms with Crippen molar-refractivity contribution < 1.29 is 19.9 Å². The molecule has 0 unspecified atom stereocenters. The van der Waals surface area contributed by atoms with E-state index in [-0.39, 0.29) is 6.42 Å². The van der Waals surface area contributed by atoms with Crippen molar-refractivity contribution in [2.24, 2.45) is 5.73 Å². The van der Waals surface area contributed by atoms with Crippen molar-refractivity contribution in [3.8, 4) is 0 Å². The van der Waals surface area contributed by atoms with E-state index < -0.39 is 18.6 Å². The first-order valence-electron chi connectivity index (χ1n) is 5.33. The average molecular weight is 269 g/mol. The van der Waals surface area contributed by atoms with Gasteiger partial charge in [-0.2, -0.15) is 0 Å². The predicted molar refractivity (Wildman–Crippen MR) is 72.0 cm³/mol. The van der Waals surface area contributed by atoms with Crippen molar-refractivity contribution in [1.82, 2.24) is 0 Å². The van der Waals surface area contributed by atoms with Crippen LogP contribution in [0.1, 0.15) is 12.5 Å². The number of carboxylic acid groups (broad SMARTS) is 1. The van der Waals surface area contributed by atoms with Crippen molar-refractivity contribution >= 4 is 30.3 Å². The summed E-state index contributed by atoms with van der Waals surface area (Å²) in [5.41, 5.74) is 5.51. The molecule has 0 amide bonds. The molecule has 5 nitrogen and oxygen atoms in total. The number of benzene rings is 1. The lowest BCUT2D eigenvalue weighted by Crippen LogP contribution is -2.47. The fourth-order valence-corrected chi connectivity index (χ4v) is 2.20. The molecule has 0 saturated heterocycles. The molecule has 5 N–H and O–H groups in total. The Hall–Kier alpha value is -1.02. The number of hydrogen-bond acceptors (Lipinski definition) is 5. The van der Waals surface area contributed by atoms with Crippen LogP contribution in [0.15, 0.2) is 23.1 Å². The van der Waals surface area contributed by atoms with Crippen molar-refractivity contribution in [2.75, 3.05) is 6.26 Å². The molecular formula is C11H16BNO4S. The van der Waals surface area contributed by atoms with Gasteiger partial charge in [-0.1, -0.05) is 12.1 Å². The molecule has 0 bridgehead atoms. The van der Waals surface area contributed by atoms with Gasteiger partial charge in [0.2, 0.25) is 0 Å². The van der Waals surface area contributed by atoms with Gasteiger partial charge in [0.15, 0.2) is 0 Å². The molecule has 0 aliphatic heterocycles. The van der Waals surface area contributed by atoms with Crippen LogP contribution in [-0.4, -0.2) is 40.0 Å². The third-order valence-electron chi connectivity index (χ3n) is 2.66. The van der Waals surface area contributed by atoms with Crippen molar-refractivity contribution in [3.63, 3.8) is 0 Å². The minimum atomic E-state index is -1.53. The maximum atomic E-state index is 11.0. The van der Waals surface area contributed by atoms with Crippen LogP contribution in [0.2, 0.25) is 0 Å². The summed E-state index contributed by atoms with van der Waals surface area (Å²) in [5.74, 6) is -1.07. The van der Waals surface area contributed by atoms with Gasteiger partial charge in [-0.15, -0.1) is 11.8 Å². The Balaban J connectivity index is 3.07. The Bertz CT molecular complexity index is 451. The highest BCUT2D eigenvalue weighted by atomic mass is 32.2. The first kappa shape index (κ1) is 15.0. The lowest BCUT2D eigenvalue weighted by atomic mass is 9.79. The van der Waals surface area contributed by atoms with Crippen LogP contribution in [0.3, 0.4) is 0 Å². The molecular weight excluding hydrogens is 253 g/mol. The molecule has 7 heteroatoms. The summed E-state index contributed by atoms with van der Waals surface area (Å²) in [6.07, 6.45) is 2.02. The van der Waals surface area contributed by atoms with Crippen LogP contribution < -0.4 is 11.2 Å². The first-order chi connectivity index (χ1) is 8.27. The van der Waals surface area contributed by atoms with E-state index in [0.717, 1.165) is 10.5 Å². The molecule has 0 heterocycles. The minimum Gasteiger partial charge on any atom is -0.480 e. The van der Waals surface area contributed by atoms with Gasteiger partial charge in [0, 0.05) is 11.3 Å². The summed E-state index contributed by atoms with van der Waals surface area (Å²) >= 11 is 1.41. The molecule has 1 atom stereocenters. The molecule has 0 saturated carbocycles. The molecule has 1 aromatic rings. The molecule has 0 fully saturated rings. The van der Waals surface area contributed by atoms with Gasteiger partial charge >= 0.3 is 13.1 Å². The summed E-state index contributed by atoms with van der Waals surface area (Å²) in [4.78, 5) is 11.8. The largest absolute Gasteiger partial charge is 0.488 e. The number of thioether (sulfide) groups is 1. The smallest absolute Gasteiger partial charge is 0.480 e. The summed E-state index contributed by atoms with van der Waals surface area (Å²) in [6, 6.07) is 4.86. The molecule has 0 aliphatic rings. The van der Waals surface area contributed by atoms with Gasteiger partial charge in [0.1, 0.15) is 5.54 Å². The van der Waals surface area contributed by atoms with Gasteiger partial charge < -0.3 is 20.9 Å². The zero-order chi connectivity index (χ0) is 13.9. The third kappa shape index (κ3) is 3.49. The average Bonchev–Trinajstić information content (AvgIpc) is 2.28. The minimum absolute atomic E-state index is 0.181. The van der Waals surface area contributed by atoms with E-state index in [4.69, 9.17) is 20.9 Å². The Labute approximate surface area is 110 Å². The van der Waals surface area contributed by atoms with Crippen LogP contribution in [0.25, 0.3) is 0 Å². The fraction of sp³-hybridized carbons (Fsp3) is 0.364. The first-order valence-corrected chi connectivity index (χ1v) is 6.55. The van der Waals surface area contributed by atoms with E-state index >= 15 is 0 Å². The number of nitrogens with two attached hydrogens (primary N) is 1. The number of carbonyl (C=O) groups is 1. The van der Waals surface area contributed by atoms with Gasteiger partial charge in [-0.3, -0.25) is 4.79 Å². The normalized spacial score (nSPS) is 14.1. The number of carboxylic acids is 1. The Morgan fingerprint density at radius 2 is 2.11 bits per heavy atom. The van der Waals surface area contributed by atoms with Crippen molar-refractivity contribution in [1.29, 1.82) is 0 Å². The molecule has 1 rings (SSSR count). The Morgan fingerprint density at radius 3 is 2.56 bits per heavy atom. The van der Waals surface area contributed by atoms with Gasteiger partial charge in [-0.05, 0) is 30.3 Å². The molecule has 1 aromatic carbocycles. The van der Waals surface area contributed by atoms with E-state index in [0.29, 0.717) is 5.46 Å². The van der Waals surface area contributed by atoms with E-state index in [1.54, 1.807) is 18.2 Å². The lowest BCUT2D eigenvalue weighted by Gasteiger charge is -2.21. The second-order valence-corrected chi connectivity index (χ2v) is 5.19. The van der Waals surface area contributed by atoms with E-state index in [9.17, 15) is 4.79 Å². The topological polar surface area (TPSA) is 104 Å². The van der Waals surface area contributed by atoms with Gasteiger partial charge in [-0.25, -0.2) is 0 Å². The van der Waals surface area contributed by atoms with Crippen LogP contribution in [0.5, 0.6) is 0 Å². The van der Waals surface area contributed by atoms with Crippen LogP contribution in [-0.2, 0) is 11.2 Å². The van der Waals surface area contributed by atoms with E-state index in [2.05, 4.69) is 0 Å². The van der Waals surface area contributed by atoms with Gasteiger partial charge in [0.05, 0.1) is 0 Å². The second kappa shape index (κ2) is 5.75. The summed E-state index contributed by atoms with van der Waals surface area (Å²) < 4.78 is 0. The van der Waals surface area contributed by atoms with E-state index in [1.165, 1.54) is 18.7 Å². The number of rotatable bonds is 5. The fourth-order valence-electron chi connectivity index (χ4n) is 1.54. The number of aliphatic carboxylic acids is 1. The molecule has 0 radical (unpaired) electrons. The van der Waals surface area contributed by atoms with Crippen LogP contribution in [0.4, 0.5) is 0 Å². The Morgan fingerprint density at radius 1 is 1.50 bits per heavy atom. The maximum absolute atomic E-state index is 11.0. The predicted octanol–water partition coefficient (Wildman–Crippen LogP) is -0.567. The van der Waals surface area contributed by atoms with E-state index in [1.807, 2.05) is 6.26 Å². The molecule has 0 spiro atoms. The highest BCUT2D eigenvalue weighted by molar-refractivity contribution is 7.98. The highest BCUT2D eigenvalue weighted by Crippen LogP contribution is 2.22. The Kier molecular flexibility index (Phi) is 4.81. The van der Waals surface area contributed by atoms with Crippen molar-refractivity contribution in [3.05, 3.63) is 23.8 Å². The molecule has 98 valence electrons. The molecule has 0 aliphatic carbocycles. The molecule has 18 heavy (non-hydrogen) atoms. The maximum Gasteiger partial charge on any atom is 0.488 e. The third-order valence-corrected chi connectivity index (χ3v) is 3.48. The van der Waals surface area contributed by atoms with Crippen LogP contribution >= 0.6 is 11.8 Å². The summed E-state index contributed by atoms with van der Waals surface area (Å²) in [7, 11) is -1.53. The van der Waals surface area contributed by atoms with Gasteiger partial charge in [0.25, 0.3) is 0 Å². The SMILES string of the molecule is CSc1cc(B(O)O)ccc1C[C@](C)(N)C(=O)O. The van der Waals surface area contributed by atoms with Crippen molar-refractivity contribution in [2.45, 2.75) is 23.8 Å².